The summed E-state index contributed by atoms with van der Waals surface area (Å²) in [4.78, 5) is 10.3. The number of fused-ring (bicyclic) bond motifs is 1. The summed E-state index contributed by atoms with van der Waals surface area (Å²) in [5.41, 5.74) is 3.33. The Morgan fingerprint density at radius 2 is 1.96 bits per heavy atom. The van der Waals surface area contributed by atoms with Gasteiger partial charge in [0.05, 0.1) is 23.3 Å². The summed E-state index contributed by atoms with van der Waals surface area (Å²) in [5, 5.41) is 15.4. The fourth-order valence-corrected chi connectivity index (χ4v) is 2.96. The van der Waals surface area contributed by atoms with Gasteiger partial charge in [0.15, 0.2) is 0 Å². The quantitative estimate of drug-likeness (QED) is 0.613. The Kier molecular flexibility index (Phi) is 5.02. The molecule has 0 heterocycles. The number of nitro benzene ring substituents is 1. The molecule has 0 saturated carbocycles. The van der Waals surface area contributed by atoms with E-state index in [0.29, 0.717) is 18.2 Å². The summed E-state index contributed by atoms with van der Waals surface area (Å²) in [5.74, 6) is 0.723. The maximum absolute atomic E-state index is 12.8. The van der Waals surface area contributed by atoms with Gasteiger partial charge in [0.1, 0.15) is 11.4 Å². The molecule has 2 aromatic rings. The van der Waals surface area contributed by atoms with E-state index in [1.807, 2.05) is 12.1 Å². The van der Waals surface area contributed by atoms with E-state index < -0.39 is 22.4 Å². The van der Waals surface area contributed by atoms with Gasteiger partial charge in [-0.15, -0.1) is 0 Å². The number of ether oxygens (including phenoxy) is 1. The van der Waals surface area contributed by atoms with Crippen LogP contribution in [0.2, 0.25) is 0 Å². The Morgan fingerprint density at radius 3 is 2.63 bits per heavy atom. The number of benzene rings is 2. The number of rotatable bonds is 4. The number of hydrogen-bond acceptors (Lipinski definition) is 5. The standard InChI is InChI=1S/C18H16F3N3O3/c1-27-13-6-7-14-11(9-13)3-2-4-15(14)22-23-16-8-5-12(18(19,20)21)10-17(16)24(25)26/h5-10,23H,2-4H2,1H3. The number of nitrogens with one attached hydrogen (secondary N) is 1. The van der Waals surface area contributed by atoms with E-state index in [0.717, 1.165) is 41.9 Å². The van der Waals surface area contributed by atoms with E-state index in [1.165, 1.54) is 0 Å². The lowest BCUT2D eigenvalue weighted by Gasteiger charge is -2.18. The van der Waals surface area contributed by atoms with Crippen LogP contribution in [0.4, 0.5) is 24.5 Å². The summed E-state index contributed by atoms with van der Waals surface area (Å²) in [6.07, 6.45) is -2.31. The summed E-state index contributed by atoms with van der Waals surface area (Å²) in [7, 11) is 1.57. The first-order chi connectivity index (χ1) is 12.8. The summed E-state index contributed by atoms with van der Waals surface area (Å²) < 4.78 is 43.6. The molecule has 0 fully saturated rings. The number of hydrazone groups is 1. The van der Waals surface area contributed by atoms with Crippen molar-refractivity contribution in [1.82, 2.24) is 0 Å². The minimum absolute atomic E-state index is 0.0962. The average Bonchev–Trinajstić information content (AvgIpc) is 2.64. The van der Waals surface area contributed by atoms with E-state index in [9.17, 15) is 23.3 Å². The van der Waals surface area contributed by atoms with Crippen molar-refractivity contribution in [3.63, 3.8) is 0 Å². The Bertz CT molecular complexity index is 910. The molecule has 0 saturated heterocycles. The van der Waals surface area contributed by atoms with Crippen molar-refractivity contribution in [3.8, 4) is 5.75 Å². The number of anilines is 1. The monoisotopic (exact) mass is 379 g/mol. The van der Waals surface area contributed by atoms with E-state index in [4.69, 9.17) is 4.74 Å². The number of nitro groups is 1. The van der Waals surface area contributed by atoms with Crippen LogP contribution in [0.1, 0.15) is 29.5 Å². The second-order valence-corrected chi connectivity index (χ2v) is 6.03. The zero-order valence-corrected chi connectivity index (χ0v) is 14.3. The van der Waals surface area contributed by atoms with Gasteiger partial charge in [-0.2, -0.15) is 18.3 Å². The van der Waals surface area contributed by atoms with Crippen LogP contribution in [-0.4, -0.2) is 17.7 Å². The number of halogens is 3. The molecule has 0 radical (unpaired) electrons. The minimum atomic E-state index is -4.66. The highest BCUT2D eigenvalue weighted by molar-refractivity contribution is 6.03. The predicted octanol–water partition coefficient (Wildman–Crippen LogP) is 4.77. The van der Waals surface area contributed by atoms with Gasteiger partial charge in [-0.3, -0.25) is 15.5 Å². The Morgan fingerprint density at radius 1 is 1.19 bits per heavy atom. The number of methoxy groups -OCH3 is 1. The minimum Gasteiger partial charge on any atom is -0.497 e. The largest absolute Gasteiger partial charge is 0.497 e. The number of aryl methyl sites for hydroxylation is 1. The van der Waals surface area contributed by atoms with Crippen molar-refractivity contribution in [2.24, 2.45) is 5.10 Å². The van der Waals surface area contributed by atoms with Gasteiger partial charge in [0.25, 0.3) is 5.69 Å². The van der Waals surface area contributed by atoms with E-state index in [2.05, 4.69) is 10.5 Å². The first kappa shape index (κ1) is 18.7. The van der Waals surface area contributed by atoms with Crippen molar-refractivity contribution >= 4 is 17.1 Å². The number of alkyl halides is 3. The van der Waals surface area contributed by atoms with E-state index in [1.54, 1.807) is 13.2 Å². The smallest absolute Gasteiger partial charge is 0.416 e. The normalized spacial score (nSPS) is 15.3. The van der Waals surface area contributed by atoms with Crippen LogP contribution >= 0.6 is 0 Å². The molecule has 142 valence electrons. The topological polar surface area (TPSA) is 76.8 Å². The lowest BCUT2D eigenvalue weighted by atomic mass is 9.90. The SMILES string of the molecule is COc1ccc2c(c1)CCCC2=NNc1ccc(C(F)(F)F)cc1[N+](=O)[O-]. The third kappa shape index (κ3) is 4.02. The Balaban J connectivity index is 1.92. The molecule has 0 atom stereocenters. The fourth-order valence-electron chi connectivity index (χ4n) is 2.96. The molecule has 2 aromatic carbocycles. The number of hydrogen-bond donors (Lipinski definition) is 1. The van der Waals surface area contributed by atoms with Crippen molar-refractivity contribution in [2.45, 2.75) is 25.4 Å². The summed E-state index contributed by atoms with van der Waals surface area (Å²) in [6, 6.07) is 7.86. The van der Waals surface area contributed by atoms with Crippen molar-refractivity contribution in [2.75, 3.05) is 12.5 Å². The number of nitrogens with zero attached hydrogens (tertiary/aromatic N) is 2. The molecular formula is C18H16F3N3O3. The van der Waals surface area contributed by atoms with Crippen LogP contribution in [0.5, 0.6) is 5.75 Å². The van der Waals surface area contributed by atoms with Gasteiger partial charge in [-0.25, -0.2) is 0 Å². The maximum Gasteiger partial charge on any atom is 0.416 e. The van der Waals surface area contributed by atoms with Crippen LogP contribution in [0.25, 0.3) is 0 Å². The molecule has 0 aliphatic heterocycles. The zero-order chi connectivity index (χ0) is 19.6. The molecule has 1 aliphatic carbocycles. The molecule has 6 nitrogen and oxygen atoms in total. The molecule has 1 aliphatic rings. The fraction of sp³-hybridized carbons (Fsp3) is 0.278. The van der Waals surface area contributed by atoms with Crippen LogP contribution in [0.3, 0.4) is 0 Å². The molecular weight excluding hydrogens is 363 g/mol. The van der Waals surface area contributed by atoms with Crippen LogP contribution in [-0.2, 0) is 12.6 Å². The van der Waals surface area contributed by atoms with Crippen LogP contribution in [0, 0.1) is 10.1 Å². The second kappa shape index (κ2) is 7.26. The molecule has 27 heavy (non-hydrogen) atoms. The molecule has 0 amide bonds. The molecule has 3 rings (SSSR count). The van der Waals surface area contributed by atoms with Gasteiger partial charge in [-0.05, 0) is 55.2 Å². The van der Waals surface area contributed by atoms with Crippen molar-refractivity contribution < 1.29 is 22.8 Å². The van der Waals surface area contributed by atoms with Crippen molar-refractivity contribution in [1.29, 1.82) is 0 Å². The third-order valence-corrected chi connectivity index (χ3v) is 4.32. The van der Waals surface area contributed by atoms with Gasteiger partial charge >= 0.3 is 6.18 Å². The lowest BCUT2D eigenvalue weighted by molar-refractivity contribution is -0.384. The Labute approximate surface area is 152 Å². The highest BCUT2D eigenvalue weighted by Gasteiger charge is 2.33. The van der Waals surface area contributed by atoms with Gasteiger partial charge in [0.2, 0.25) is 0 Å². The van der Waals surface area contributed by atoms with Crippen LogP contribution in [0.15, 0.2) is 41.5 Å². The van der Waals surface area contributed by atoms with Crippen molar-refractivity contribution in [3.05, 3.63) is 63.2 Å². The first-order valence-electron chi connectivity index (χ1n) is 8.15. The molecule has 0 unspecified atom stereocenters. The molecule has 0 aromatic heterocycles. The second-order valence-electron chi connectivity index (χ2n) is 6.03. The van der Waals surface area contributed by atoms with Gasteiger partial charge < -0.3 is 4.74 Å². The lowest BCUT2D eigenvalue weighted by Crippen LogP contribution is -2.14. The zero-order valence-electron chi connectivity index (χ0n) is 14.3. The predicted molar refractivity (Wildman–Crippen MR) is 94.2 cm³/mol. The molecule has 9 heteroatoms. The summed E-state index contributed by atoms with van der Waals surface area (Å²) in [6.45, 7) is 0. The highest BCUT2D eigenvalue weighted by atomic mass is 19.4. The third-order valence-electron chi connectivity index (χ3n) is 4.32. The average molecular weight is 379 g/mol. The van der Waals surface area contributed by atoms with E-state index in [-0.39, 0.29) is 5.69 Å². The maximum atomic E-state index is 12.8. The summed E-state index contributed by atoms with van der Waals surface area (Å²) >= 11 is 0. The molecule has 0 spiro atoms. The molecule has 0 bridgehead atoms. The molecule has 1 N–H and O–H groups in total. The van der Waals surface area contributed by atoms with Gasteiger partial charge in [0, 0.05) is 11.6 Å². The van der Waals surface area contributed by atoms with E-state index >= 15 is 0 Å². The highest BCUT2D eigenvalue weighted by Crippen LogP contribution is 2.35. The Hall–Kier alpha value is -3.10. The van der Waals surface area contributed by atoms with Crippen LogP contribution < -0.4 is 10.2 Å². The first-order valence-corrected chi connectivity index (χ1v) is 8.15. The van der Waals surface area contributed by atoms with Gasteiger partial charge in [-0.1, -0.05) is 0 Å².